The first-order valence-corrected chi connectivity index (χ1v) is 7.31. The average molecular weight is 269 g/mol. The molecule has 0 saturated heterocycles. The van der Waals surface area contributed by atoms with E-state index in [-0.39, 0.29) is 0 Å². The Morgan fingerprint density at radius 3 is 2.70 bits per heavy atom. The van der Waals surface area contributed by atoms with Crippen molar-refractivity contribution in [2.75, 3.05) is 11.9 Å². The molecule has 0 aliphatic carbocycles. The van der Waals surface area contributed by atoms with Crippen molar-refractivity contribution in [3.8, 4) is 5.75 Å². The normalized spacial score (nSPS) is 10.3. The summed E-state index contributed by atoms with van der Waals surface area (Å²) < 4.78 is 5.83. The van der Waals surface area contributed by atoms with E-state index in [0.717, 1.165) is 37.4 Å². The smallest absolute Gasteiger partial charge is 0.142 e. The first-order chi connectivity index (χ1) is 9.79. The number of para-hydroxylation sites is 2. The molecule has 0 fully saturated rings. The molecular formula is C18H23NO. The zero-order valence-corrected chi connectivity index (χ0v) is 12.4. The van der Waals surface area contributed by atoms with E-state index in [0.29, 0.717) is 0 Å². The molecule has 2 aromatic rings. The Balaban J connectivity index is 1.98. The zero-order valence-electron chi connectivity index (χ0n) is 12.4. The van der Waals surface area contributed by atoms with Gasteiger partial charge in [0.1, 0.15) is 5.75 Å². The molecule has 0 amide bonds. The Hall–Kier alpha value is -1.96. The fourth-order valence-corrected chi connectivity index (χ4v) is 2.08. The molecule has 2 rings (SSSR count). The molecule has 0 aliphatic heterocycles. The number of ether oxygens (including phenoxy) is 1. The van der Waals surface area contributed by atoms with Crippen LogP contribution in [0.4, 0.5) is 5.69 Å². The lowest BCUT2D eigenvalue weighted by Crippen LogP contribution is -2.03. The summed E-state index contributed by atoms with van der Waals surface area (Å²) >= 11 is 0. The summed E-state index contributed by atoms with van der Waals surface area (Å²) in [6, 6.07) is 16.7. The Kier molecular flexibility index (Phi) is 5.48. The molecule has 0 heterocycles. The lowest BCUT2D eigenvalue weighted by atomic mass is 10.1. The Bertz CT molecular complexity index is 536. The molecule has 0 unspecified atom stereocenters. The van der Waals surface area contributed by atoms with Crippen LogP contribution in [0.3, 0.4) is 0 Å². The van der Waals surface area contributed by atoms with E-state index >= 15 is 0 Å². The monoisotopic (exact) mass is 269 g/mol. The molecule has 0 aromatic heterocycles. The van der Waals surface area contributed by atoms with Crippen LogP contribution in [0.25, 0.3) is 0 Å². The summed E-state index contributed by atoms with van der Waals surface area (Å²) in [7, 11) is 0. The second kappa shape index (κ2) is 7.59. The van der Waals surface area contributed by atoms with E-state index in [9.17, 15) is 0 Å². The van der Waals surface area contributed by atoms with Crippen LogP contribution in [0.1, 0.15) is 30.9 Å². The minimum absolute atomic E-state index is 0.777. The summed E-state index contributed by atoms with van der Waals surface area (Å²) in [6.45, 7) is 5.88. The minimum Gasteiger partial charge on any atom is -0.491 e. The largest absolute Gasteiger partial charge is 0.491 e. The van der Waals surface area contributed by atoms with Crippen LogP contribution in [-0.4, -0.2) is 6.61 Å². The van der Waals surface area contributed by atoms with Gasteiger partial charge in [-0.2, -0.15) is 0 Å². The maximum Gasteiger partial charge on any atom is 0.142 e. The third kappa shape index (κ3) is 4.30. The molecule has 0 bridgehead atoms. The van der Waals surface area contributed by atoms with E-state index in [1.807, 2.05) is 18.2 Å². The van der Waals surface area contributed by atoms with Crippen molar-refractivity contribution in [2.24, 2.45) is 0 Å². The average Bonchev–Trinajstić information content (AvgIpc) is 2.47. The van der Waals surface area contributed by atoms with Gasteiger partial charge in [0.05, 0.1) is 12.3 Å². The maximum atomic E-state index is 5.83. The molecule has 0 aliphatic rings. The molecule has 2 nitrogen and oxygen atoms in total. The predicted molar refractivity (Wildman–Crippen MR) is 85.4 cm³/mol. The summed E-state index contributed by atoms with van der Waals surface area (Å²) in [5.41, 5.74) is 3.63. The number of anilines is 1. The van der Waals surface area contributed by atoms with Gasteiger partial charge < -0.3 is 10.1 Å². The van der Waals surface area contributed by atoms with Crippen LogP contribution in [-0.2, 0) is 6.54 Å². The third-order valence-electron chi connectivity index (χ3n) is 3.21. The van der Waals surface area contributed by atoms with Gasteiger partial charge in [-0.25, -0.2) is 0 Å². The van der Waals surface area contributed by atoms with Crippen LogP contribution in [0.15, 0.2) is 48.5 Å². The van der Waals surface area contributed by atoms with Crippen molar-refractivity contribution in [1.82, 2.24) is 0 Å². The molecular weight excluding hydrogens is 246 g/mol. The minimum atomic E-state index is 0.777. The molecule has 2 aromatic carbocycles. The molecule has 1 N–H and O–H groups in total. The van der Waals surface area contributed by atoms with Crippen molar-refractivity contribution in [1.29, 1.82) is 0 Å². The van der Waals surface area contributed by atoms with Crippen molar-refractivity contribution < 1.29 is 4.74 Å². The van der Waals surface area contributed by atoms with Gasteiger partial charge in [0.25, 0.3) is 0 Å². The number of aryl methyl sites for hydroxylation is 1. The second-order valence-corrected chi connectivity index (χ2v) is 5.04. The molecule has 0 spiro atoms. The zero-order chi connectivity index (χ0) is 14.2. The third-order valence-corrected chi connectivity index (χ3v) is 3.21. The van der Waals surface area contributed by atoms with Gasteiger partial charge in [-0.1, -0.05) is 55.3 Å². The number of unbranched alkanes of at least 4 members (excludes halogenated alkanes) is 1. The van der Waals surface area contributed by atoms with Crippen molar-refractivity contribution in [3.05, 3.63) is 59.7 Å². The lowest BCUT2D eigenvalue weighted by molar-refractivity contribution is 0.310. The van der Waals surface area contributed by atoms with E-state index < -0.39 is 0 Å². The van der Waals surface area contributed by atoms with Crippen LogP contribution in [0, 0.1) is 6.92 Å². The van der Waals surface area contributed by atoms with E-state index in [1.54, 1.807) is 0 Å². The second-order valence-electron chi connectivity index (χ2n) is 5.04. The first kappa shape index (κ1) is 14.4. The topological polar surface area (TPSA) is 21.3 Å². The summed E-state index contributed by atoms with van der Waals surface area (Å²) in [5, 5.41) is 3.46. The number of hydrogen-bond acceptors (Lipinski definition) is 2. The van der Waals surface area contributed by atoms with Gasteiger partial charge in [-0.15, -0.1) is 0 Å². The molecule has 0 saturated carbocycles. The van der Waals surface area contributed by atoms with Gasteiger partial charge in [-0.3, -0.25) is 0 Å². The van der Waals surface area contributed by atoms with E-state index in [1.165, 1.54) is 11.1 Å². The van der Waals surface area contributed by atoms with Crippen molar-refractivity contribution >= 4 is 5.69 Å². The van der Waals surface area contributed by atoms with Crippen LogP contribution >= 0.6 is 0 Å². The number of benzene rings is 2. The SMILES string of the molecule is CCCCOc1ccccc1NCc1cccc(C)c1. The Morgan fingerprint density at radius 1 is 1.05 bits per heavy atom. The predicted octanol–water partition coefficient (Wildman–Crippen LogP) is 4.79. The maximum absolute atomic E-state index is 5.83. The van der Waals surface area contributed by atoms with Gasteiger partial charge in [0.15, 0.2) is 0 Å². The molecule has 0 radical (unpaired) electrons. The van der Waals surface area contributed by atoms with Gasteiger partial charge in [0.2, 0.25) is 0 Å². The van der Waals surface area contributed by atoms with Crippen molar-refractivity contribution in [3.63, 3.8) is 0 Å². The van der Waals surface area contributed by atoms with Crippen LogP contribution in [0.2, 0.25) is 0 Å². The molecule has 0 atom stereocenters. The highest BCUT2D eigenvalue weighted by molar-refractivity contribution is 5.56. The van der Waals surface area contributed by atoms with E-state index in [4.69, 9.17) is 4.74 Å². The summed E-state index contributed by atoms with van der Waals surface area (Å²) in [6.07, 6.45) is 2.24. The lowest BCUT2D eigenvalue weighted by Gasteiger charge is -2.13. The number of rotatable bonds is 7. The molecule has 106 valence electrons. The highest BCUT2D eigenvalue weighted by Crippen LogP contribution is 2.24. The molecule has 2 heteroatoms. The highest BCUT2D eigenvalue weighted by atomic mass is 16.5. The fourth-order valence-electron chi connectivity index (χ4n) is 2.08. The standard InChI is InChI=1S/C18H23NO/c1-3-4-12-20-18-11-6-5-10-17(18)19-14-16-9-7-8-15(2)13-16/h5-11,13,19H,3-4,12,14H2,1-2H3. The fraction of sp³-hybridized carbons (Fsp3) is 0.333. The van der Waals surface area contributed by atoms with Gasteiger partial charge in [0, 0.05) is 6.54 Å². The Labute approximate surface area is 121 Å². The molecule has 20 heavy (non-hydrogen) atoms. The summed E-state index contributed by atoms with van der Waals surface area (Å²) in [5.74, 6) is 0.939. The number of hydrogen-bond donors (Lipinski definition) is 1. The quantitative estimate of drug-likeness (QED) is 0.730. The number of nitrogens with one attached hydrogen (secondary N) is 1. The van der Waals surface area contributed by atoms with Gasteiger partial charge >= 0.3 is 0 Å². The first-order valence-electron chi connectivity index (χ1n) is 7.31. The van der Waals surface area contributed by atoms with Crippen LogP contribution < -0.4 is 10.1 Å². The highest BCUT2D eigenvalue weighted by Gasteiger charge is 2.02. The van der Waals surface area contributed by atoms with Gasteiger partial charge in [-0.05, 0) is 31.0 Å². The van der Waals surface area contributed by atoms with Crippen molar-refractivity contribution in [2.45, 2.75) is 33.2 Å². The summed E-state index contributed by atoms with van der Waals surface area (Å²) in [4.78, 5) is 0. The van der Waals surface area contributed by atoms with Crippen LogP contribution in [0.5, 0.6) is 5.75 Å². The van der Waals surface area contributed by atoms with E-state index in [2.05, 4.69) is 49.5 Å². The Morgan fingerprint density at radius 2 is 1.90 bits per heavy atom.